The zero-order chi connectivity index (χ0) is 15.6. The van der Waals surface area contributed by atoms with Crippen LogP contribution in [0.1, 0.15) is 35.2 Å². The predicted molar refractivity (Wildman–Crippen MR) is 89.9 cm³/mol. The fraction of sp³-hybridized carbons (Fsp3) is 0.389. The van der Waals surface area contributed by atoms with E-state index >= 15 is 0 Å². The summed E-state index contributed by atoms with van der Waals surface area (Å²) in [5, 5.41) is 0. The second-order valence-corrected chi connectivity index (χ2v) is 6.15. The van der Waals surface area contributed by atoms with E-state index in [0.29, 0.717) is 5.56 Å². The van der Waals surface area contributed by atoms with E-state index in [1.165, 1.54) is 24.8 Å². The number of anilines is 2. The van der Waals surface area contributed by atoms with Crippen LogP contribution in [-0.4, -0.2) is 35.5 Å². The highest BCUT2D eigenvalue weighted by Crippen LogP contribution is 2.28. The van der Waals surface area contributed by atoms with Crippen molar-refractivity contribution in [2.24, 2.45) is 0 Å². The number of hydrogen-bond donors (Lipinski definition) is 0. The summed E-state index contributed by atoms with van der Waals surface area (Å²) in [6, 6.07) is 8.07. The van der Waals surface area contributed by atoms with Crippen LogP contribution in [0.25, 0.3) is 0 Å². The van der Waals surface area contributed by atoms with Gasteiger partial charge >= 0.3 is 0 Å². The number of carbonyl (C=O) groups excluding carboxylic acids is 1. The van der Waals surface area contributed by atoms with Crippen molar-refractivity contribution in [1.29, 1.82) is 0 Å². The Morgan fingerprint density at radius 1 is 0.957 bits per heavy atom. The second-order valence-electron chi connectivity index (χ2n) is 6.15. The van der Waals surface area contributed by atoms with Crippen molar-refractivity contribution < 1.29 is 4.79 Å². The Kier molecular flexibility index (Phi) is 3.69. The van der Waals surface area contributed by atoms with Crippen molar-refractivity contribution in [2.45, 2.75) is 25.7 Å². The molecule has 5 nitrogen and oxygen atoms in total. The van der Waals surface area contributed by atoms with Gasteiger partial charge in [-0.25, -0.2) is 9.97 Å². The summed E-state index contributed by atoms with van der Waals surface area (Å²) in [7, 11) is 0. The lowest BCUT2D eigenvalue weighted by atomic mass is 10.1. The first-order valence-electron chi connectivity index (χ1n) is 8.30. The van der Waals surface area contributed by atoms with Crippen LogP contribution in [0.3, 0.4) is 0 Å². The van der Waals surface area contributed by atoms with Crippen LogP contribution in [0.5, 0.6) is 0 Å². The van der Waals surface area contributed by atoms with E-state index in [1.54, 1.807) is 12.4 Å². The van der Waals surface area contributed by atoms with Gasteiger partial charge in [-0.2, -0.15) is 0 Å². The highest BCUT2D eigenvalue weighted by atomic mass is 16.2. The summed E-state index contributed by atoms with van der Waals surface area (Å²) in [4.78, 5) is 25.6. The lowest BCUT2D eigenvalue weighted by molar-refractivity contribution is 0.0988. The molecule has 118 valence electrons. The Morgan fingerprint density at radius 2 is 1.70 bits per heavy atom. The van der Waals surface area contributed by atoms with Gasteiger partial charge in [0.1, 0.15) is 0 Å². The van der Waals surface area contributed by atoms with Crippen LogP contribution in [0.15, 0.2) is 36.7 Å². The number of carbonyl (C=O) groups is 1. The molecule has 0 aliphatic carbocycles. The Hall–Kier alpha value is -2.43. The quantitative estimate of drug-likeness (QED) is 0.856. The number of fused-ring (bicyclic) bond motifs is 1. The third-order valence-electron chi connectivity index (χ3n) is 4.66. The minimum Gasteiger partial charge on any atom is -0.341 e. The number of rotatable bonds is 2. The van der Waals surface area contributed by atoms with Gasteiger partial charge in [-0.3, -0.25) is 4.79 Å². The standard InChI is InChI=1S/C18H20N4O/c23-17(22-11-8-14-6-2-3-7-16(14)22)15-12-19-18(20-13-15)21-9-4-1-5-10-21/h2-3,6-7,12-13H,1,4-5,8-11H2. The minimum atomic E-state index is -0.0138. The van der Waals surface area contributed by atoms with Crippen molar-refractivity contribution in [2.75, 3.05) is 29.4 Å². The van der Waals surface area contributed by atoms with Crippen molar-refractivity contribution in [3.05, 3.63) is 47.8 Å². The highest BCUT2D eigenvalue weighted by molar-refractivity contribution is 6.06. The molecule has 23 heavy (non-hydrogen) atoms. The molecular formula is C18H20N4O. The summed E-state index contributed by atoms with van der Waals surface area (Å²) in [6.07, 6.45) is 7.90. The molecule has 1 fully saturated rings. The van der Waals surface area contributed by atoms with Crippen molar-refractivity contribution in [1.82, 2.24) is 9.97 Å². The van der Waals surface area contributed by atoms with Crippen LogP contribution in [-0.2, 0) is 6.42 Å². The molecular weight excluding hydrogens is 288 g/mol. The third-order valence-corrected chi connectivity index (χ3v) is 4.66. The Bertz CT molecular complexity index is 707. The summed E-state index contributed by atoms with van der Waals surface area (Å²) in [5.74, 6) is 0.725. The van der Waals surface area contributed by atoms with Crippen molar-refractivity contribution in [3.63, 3.8) is 0 Å². The van der Waals surface area contributed by atoms with Gasteiger partial charge in [-0.05, 0) is 37.3 Å². The van der Waals surface area contributed by atoms with Gasteiger partial charge in [0.15, 0.2) is 0 Å². The SMILES string of the molecule is O=C(c1cnc(N2CCCCC2)nc1)N1CCc2ccccc21. The Balaban J connectivity index is 1.53. The molecule has 2 aliphatic rings. The van der Waals surface area contributed by atoms with Crippen LogP contribution < -0.4 is 9.80 Å². The normalized spacial score (nSPS) is 17.2. The molecule has 0 N–H and O–H groups in total. The first-order valence-corrected chi connectivity index (χ1v) is 8.30. The molecule has 0 saturated carbocycles. The number of amides is 1. The smallest absolute Gasteiger partial charge is 0.261 e. The van der Waals surface area contributed by atoms with E-state index in [9.17, 15) is 4.79 Å². The van der Waals surface area contributed by atoms with Gasteiger partial charge in [0, 0.05) is 37.7 Å². The van der Waals surface area contributed by atoms with Gasteiger partial charge in [-0.15, -0.1) is 0 Å². The number of piperidine rings is 1. The monoisotopic (exact) mass is 308 g/mol. The predicted octanol–water partition coefficient (Wildman–Crippen LogP) is 2.67. The maximum Gasteiger partial charge on any atom is 0.261 e. The number of hydrogen-bond acceptors (Lipinski definition) is 4. The average molecular weight is 308 g/mol. The fourth-order valence-electron chi connectivity index (χ4n) is 3.39. The van der Waals surface area contributed by atoms with E-state index in [2.05, 4.69) is 20.9 Å². The number of benzene rings is 1. The van der Waals surface area contributed by atoms with Gasteiger partial charge in [0.2, 0.25) is 5.95 Å². The zero-order valence-electron chi connectivity index (χ0n) is 13.1. The fourth-order valence-corrected chi connectivity index (χ4v) is 3.39. The topological polar surface area (TPSA) is 49.3 Å². The molecule has 0 spiro atoms. The molecule has 0 bridgehead atoms. The lowest BCUT2D eigenvalue weighted by Gasteiger charge is -2.26. The number of para-hydroxylation sites is 1. The molecule has 5 heteroatoms. The van der Waals surface area contributed by atoms with E-state index in [-0.39, 0.29) is 5.91 Å². The molecule has 4 rings (SSSR count). The molecule has 2 aliphatic heterocycles. The molecule has 1 aromatic carbocycles. The lowest BCUT2D eigenvalue weighted by Crippen LogP contribution is -2.32. The van der Waals surface area contributed by atoms with Gasteiger partial charge in [-0.1, -0.05) is 18.2 Å². The second kappa shape index (κ2) is 5.99. The largest absolute Gasteiger partial charge is 0.341 e. The first kappa shape index (κ1) is 14.2. The zero-order valence-corrected chi connectivity index (χ0v) is 13.1. The van der Waals surface area contributed by atoms with Crippen LogP contribution in [0.4, 0.5) is 11.6 Å². The van der Waals surface area contributed by atoms with E-state index in [4.69, 9.17) is 0 Å². The van der Waals surface area contributed by atoms with Crippen LogP contribution in [0.2, 0.25) is 0 Å². The summed E-state index contributed by atoms with van der Waals surface area (Å²) in [6.45, 7) is 2.74. The van der Waals surface area contributed by atoms with Gasteiger partial charge in [0.05, 0.1) is 5.56 Å². The van der Waals surface area contributed by atoms with Crippen molar-refractivity contribution in [3.8, 4) is 0 Å². The Morgan fingerprint density at radius 3 is 2.48 bits per heavy atom. The van der Waals surface area contributed by atoms with Gasteiger partial charge in [0.25, 0.3) is 5.91 Å². The average Bonchev–Trinajstić information content (AvgIpc) is 3.06. The highest BCUT2D eigenvalue weighted by Gasteiger charge is 2.25. The van der Waals surface area contributed by atoms with E-state index in [1.807, 2.05) is 23.1 Å². The molecule has 1 amide bonds. The molecule has 1 aromatic heterocycles. The third kappa shape index (κ3) is 2.67. The summed E-state index contributed by atoms with van der Waals surface area (Å²) < 4.78 is 0. The molecule has 0 unspecified atom stereocenters. The maximum absolute atomic E-state index is 12.7. The molecule has 2 aromatic rings. The minimum absolute atomic E-state index is 0.0138. The van der Waals surface area contributed by atoms with Crippen LogP contribution >= 0.6 is 0 Å². The molecule has 3 heterocycles. The van der Waals surface area contributed by atoms with E-state index < -0.39 is 0 Å². The molecule has 1 saturated heterocycles. The summed E-state index contributed by atoms with van der Waals surface area (Å²) >= 11 is 0. The number of aromatic nitrogens is 2. The summed E-state index contributed by atoms with van der Waals surface area (Å²) in [5.41, 5.74) is 2.80. The molecule has 0 radical (unpaired) electrons. The van der Waals surface area contributed by atoms with Gasteiger partial charge < -0.3 is 9.80 Å². The molecule has 0 atom stereocenters. The van der Waals surface area contributed by atoms with Crippen LogP contribution in [0, 0.1) is 0 Å². The van der Waals surface area contributed by atoms with Crippen molar-refractivity contribution >= 4 is 17.5 Å². The maximum atomic E-state index is 12.7. The van der Waals surface area contributed by atoms with E-state index in [0.717, 1.165) is 37.7 Å². The first-order chi connectivity index (χ1) is 11.3. The Labute approximate surface area is 136 Å². The number of nitrogens with zero attached hydrogens (tertiary/aromatic N) is 4.